The fourth-order valence-corrected chi connectivity index (χ4v) is 4.32. The molecule has 2 fully saturated rings. The number of nitrogens with one attached hydrogen (secondary N) is 1. The van der Waals surface area contributed by atoms with Crippen LogP contribution in [0.4, 0.5) is 4.39 Å². The number of carbonyl (C=O) groups excluding carboxylic acids is 1. The number of nitrogens with zero attached hydrogens (tertiary/aromatic N) is 3. The Balaban J connectivity index is 0.00000196. The van der Waals surface area contributed by atoms with E-state index in [0.29, 0.717) is 17.5 Å². The average Bonchev–Trinajstić information content (AvgIpc) is 3.06. The van der Waals surface area contributed by atoms with E-state index in [1.807, 2.05) is 0 Å². The Bertz CT molecular complexity index is 751. The van der Waals surface area contributed by atoms with E-state index in [2.05, 4.69) is 15.5 Å². The number of hydrogen-bond acceptors (Lipinski definition) is 4. The first-order valence-corrected chi connectivity index (χ1v) is 8.85. The summed E-state index contributed by atoms with van der Waals surface area (Å²) >= 11 is 0. The molecule has 2 aromatic rings. The molecule has 8 heteroatoms. The average molecular weight is 380 g/mol. The highest BCUT2D eigenvalue weighted by Gasteiger charge is 2.40. The monoisotopic (exact) mass is 379 g/mol. The molecule has 0 aliphatic heterocycles. The van der Waals surface area contributed by atoms with Crippen LogP contribution in [0.3, 0.4) is 0 Å². The zero-order chi connectivity index (χ0) is 17.4. The van der Waals surface area contributed by atoms with Gasteiger partial charge in [0.2, 0.25) is 0 Å². The Labute approximate surface area is 157 Å². The number of halogens is 2. The van der Waals surface area contributed by atoms with Crippen molar-refractivity contribution in [1.29, 1.82) is 0 Å². The van der Waals surface area contributed by atoms with Crippen molar-refractivity contribution < 1.29 is 9.18 Å². The molecule has 1 aromatic carbocycles. The predicted octanol–water partition coefficient (Wildman–Crippen LogP) is 2.46. The van der Waals surface area contributed by atoms with E-state index < -0.39 is 0 Å². The predicted molar refractivity (Wildman–Crippen MR) is 97.9 cm³/mol. The van der Waals surface area contributed by atoms with Crippen LogP contribution in [0.15, 0.2) is 30.5 Å². The fraction of sp³-hybridized carbons (Fsp3) is 0.500. The molecule has 2 aliphatic carbocycles. The molecule has 2 atom stereocenters. The van der Waals surface area contributed by atoms with Gasteiger partial charge in [-0.15, -0.1) is 17.5 Å². The number of rotatable bonds is 3. The Kier molecular flexibility index (Phi) is 5.58. The zero-order valence-corrected chi connectivity index (χ0v) is 15.2. The van der Waals surface area contributed by atoms with Gasteiger partial charge in [0.15, 0.2) is 5.69 Å². The first-order chi connectivity index (χ1) is 12.1. The van der Waals surface area contributed by atoms with E-state index in [1.54, 1.807) is 12.1 Å². The maximum Gasteiger partial charge on any atom is 0.273 e. The summed E-state index contributed by atoms with van der Waals surface area (Å²) in [6.07, 6.45) is 6.86. The van der Waals surface area contributed by atoms with E-state index in [-0.39, 0.29) is 41.9 Å². The lowest BCUT2D eigenvalue weighted by atomic mass is 9.67. The summed E-state index contributed by atoms with van der Waals surface area (Å²) in [5.41, 5.74) is 7.03. The van der Waals surface area contributed by atoms with Gasteiger partial charge in [-0.1, -0.05) is 6.42 Å². The van der Waals surface area contributed by atoms with E-state index in [0.717, 1.165) is 25.7 Å². The number of fused-ring (bicyclic) bond motifs is 2. The largest absolute Gasteiger partial charge is 0.347 e. The second kappa shape index (κ2) is 7.72. The maximum atomic E-state index is 13.0. The second-order valence-electron chi connectivity index (χ2n) is 7.18. The summed E-state index contributed by atoms with van der Waals surface area (Å²) in [5, 5.41) is 11.5. The van der Waals surface area contributed by atoms with Crippen molar-refractivity contribution in [1.82, 2.24) is 20.3 Å². The molecule has 1 amide bonds. The van der Waals surface area contributed by atoms with Crippen LogP contribution in [0.5, 0.6) is 0 Å². The lowest BCUT2D eigenvalue weighted by molar-refractivity contribution is 0.0751. The fourth-order valence-electron chi connectivity index (χ4n) is 4.32. The summed E-state index contributed by atoms with van der Waals surface area (Å²) in [7, 11) is 0. The van der Waals surface area contributed by atoms with Crippen molar-refractivity contribution >= 4 is 18.3 Å². The second-order valence-corrected chi connectivity index (χ2v) is 7.18. The lowest BCUT2D eigenvalue weighted by Gasteiger charge is -2.45. The van der Waals surface area contributed by atoms with Gasteiger partial charge in [-0.05, 0) is 61.8 Å². The van der Waals surface area contributed by atoms with Gasteiger partial charge >= 0.3 is 0 Å². The topological polar surface area (TPSA) is 85.8 Å². The number of benzene rings is 1. The minimum absolute atomic E-state index is 0. The molecule has 2 aliphatic rings. The van der Waals surface area contributed by atoms with E-state index in [1.165, 1.54) is 29.5 Å². The van der Waals surface area contributed by atoms with Gasteiger partial charge in [0.25, 0.3) is 5.91 Å². The highest BCUT2D eigenvalue weighted by atomic mass is 35.5. The van der Waals surface area contributed by atoms with Crippen molar-refractivity contribution in [3.63, 3.8) is 0 Å². The highest BCUT2D eigenvalue weighted by molar-refractivity contribution is 5.92. The Hall–Kier alpha value is -1.99. The third-order valence-electron chi connectivity index (χ3n) is 5.46. The highest BCUT2D eigenvalue weighted by Crippen LogP contribution is 2.39. The van der Waals surface area contributed by atoms with Crippen LogP contribution in [0.2, 0.25) is 0 Å². The summed E-state index contributed by atoms with van der Waals surface area (Å²) < 4.78 is 13.0. The van der Waals surface area contributed by atoms with Gasteiger partial charge in [-0.3, -0.25) is 4.79 Å². The van der Waals surface area contributed by atoms with Gasteiger partial charge in [-0.25, -0.2) is 4.39 Å². The Morgan fingerprint density at radius 3 is 2.50 bits per heavy atom. The smallest absolute Gasteiger partial charge is 0.273 e. The summed E-state index contributed by atoms with van der Waals surface area (Å²) in [5.74, 6) is 0.388. The number of hydrogen-bond donors (Lipinski definition) is 2. The molecule has 1 heterocycles. The minimum atomic E-state index is -0.323. The molecular formula is C18H23ClFN5O. The number of carbonyl (C=O) groups is 1. The molecule has 4 rings (SSSR count). The van der Waals surface area contributed by atoms with Crippen LogP contribution >= 0.6 is 12.4 Å². The molecule has 2 saturated carbocycles. The standard InChI is InChI=1S/C18H22FN5O.ClH/c19-13-4-6-15(7-5-13)24-21-10-16(23-24)18(25)22-17-11-2-1-3-12(17)9-14(20)8-11;/h4-7,10-12,14,17H,1-3,8-9,20H2,(H,22,25);1H. The molecule has 0 saturated heterocycles. The maximum absolute atomic E-state index is 13.0. The molecule has 1 aromatic heterocycles. The first-order valence-electron chi connectivity index (χ1n) is 8.85. The lowest BCUT2D eigenvalue weighted by Crippen LogP contribution is -2.53. The van der Waals surface area contributed by atoms with Gasteiger partial charge in [0.1, 0.15) is 5.82 Å². The molecular weight excluding hydrogens is 357 g/mol. The van der Waals surface area contributed by atoms with E-state index in [4.69, 9.17) is 5.73 Å². The van der Waals surface area contributed by atoms with Crippen LogP contribution in [0.1, 0.15) is 42.6 Å². The normalized spacial score (nSPS) is 27.5. The molecule has 26 heavy (non-hydrogen) atoms. The summed E-state index contributed by atoms with van der Waals surface area (Å²) in [6.45, 7) is 0. The Morgan fingerprint density at radius 2 is 1.85 bits per heavy atom. The van der Waals surface area contributed by atoms with Crippen LogP contribution in [0.25, 0.3) is 5.69 Å². The molecule has 0 spiro atoms. The molecule has 6 nitrogen and oxygen atoms in total. The molecule has 3 N–H and O–H groups in total. The molecule has 140 valence electrons. The van der Waals surface area contributed by atoms with E-state index in [9.17, 15) is 9.18 Å². The third-order valence-corrected chi connectivity index (χ3v) is 5.46. The van der Waals surface area contributed by atoms with Crippen LogP contribution in [-0.2, 0) is 0 Å². The van der Waals surface area contributed by atoms with Crippen molar-refractivity contribution in [2.45, 2.75) is 44.2 Å². The SMILES string of the molecule is Cl.NC1CC2CCCC(C1)C2NC(=O)c1cnn(-c2ccc(F)cc2)n1. The minimum Gasteiger partial charge on any atom is -0.347 e. The zero-order valence-electron chi connectivity index (χ0n) is 14.3. The quantitative estimate of drug-likeness (QED) is 0.857. The van der Waals surface area contributed by atoms with E-state index >= 15 is 0 Å². The van der Waals surface area contributed by atoms with Gasteiger partial charge in [-0.2, -0.15) is 9.90 Å². The van der Waals surface area contributed by atoms with Gasteiger partial charge in [0, 0.05) is 12.1 Å². The first kappa shape index (κ1) is 18.8. The molecule has 2 unspecified atom stereocenters. The summed E-state index contributed by atoms with van der Waals surface area (Å²) in [6, 6.07) is 6.25. The van der Waals surface area contributed by atoms with Crippen LogP contribution in [-0.4, -0.2) is 33.0 Å². The van der Waals surface area contributed by atoms with Crippen molar-refractivity contribution in [3.8, 4) is 5.69 Å². The molecule has 2 bridgehead atoms. The number of aromatic nitrogens is 3. The molecule has 0 radical (unpaired) electrons. The number of nitrogens with two attached hydrogens (primary N) is 1. The van der Waals surface area contributed by atoms with Crippen molar-refractivity contribution in [2.24, 2.45) is 17.6 Å². The van der Waals surface area contributed by atoms with Crippen LogP contribution < -0.4 is 11.1 Å². The van der Waals surface area contributed by atoms with Crippen molar-refractivity contribution in [3.05, 3.63) is 42.0 Å². The Morgan fingerprint density at radius 1 is 1.19 bits per heavy atom. The summed E-state index contributed by atoms with van der Waals surface area (Å²) in [4.78, 5) is 13.9. The van der Waals surface area contributed by atoms with Crippen LogP contribution in [0, 0.1) is 17.7 Å². The number of amides is 1. The van der Waals surface area contributed by atoms with Gasteiger partial charge < -0.3 is 11.1 Å². The van der Waals surface area contributed by atoms with Crippen molar-refractivity contribution in [2.75, 3.05) is 0 Å². The third kappa shape index (κ3) is 3.73. The van der Waals surface area contributed by atoms with Gasteiger partial charge in [0.05, 0.1) is 11.9 Å².